The van der Waals surface area contributed by atoms with Crippen LogP contribution in [0.4, 0.5) is 5.82 Å². The molecule has 32 heavy (non-hydrogen) atoms. The monoisotopic (exact) mass is 432 g/mol. The fourth-order valence-corrected chi connectivity index (χ4v) is 3.74. The molecule has 7 nitrogen and oxygen atoms in total. The molecule has 0 aliphatic rings. The van der Waals surface area contributed by atoms with Gasteiger partial charge >= 0.3 is 5.97 Å². The van der Waals surface area contributed by atoms with E-state index in [1.54, 1.807) is 11.5 Å². The molecule has 2 aromatic carbocycles. The summed E-state index contributed by atoms with van der Waals surface area (Å²) < 4.78 is 12.8. The number of benzene rings is 2. The second-order valence-corrected chi connectivity index (χ2v) is 7.60. The highest BCUT2D eigenvalue weighted by Crippen LogP contribution is 2.32. The van der Waals surface area contributed by atoms with Crippen molar-refractivity contribution in [2.45, 2.75) is 39.5 Å². The van der Waals surface area contributed by atoms with Crippen molar-refractivity contribution in [3.8, 4) is 11.4 Å². The second kappa shape index (κ2) is 9.68. The molecule has 2 N–H and O–H groups in total. The first-order chi connectivity index (χ1) is 15.6. The summed E-state index contributed by atoms with van der Waals surface area (Å²) in [6.45, 7) is 4.89. The summed E-state index contributed by atoms with van der Waals surface area (Å²) in [7, 11) is 0. The van der Waals surface area contributed by atoms with E-state index in [1.165, 1.54) is 19.3 Å². The topological polar surface area (TPSA) is 92.3 Å². The van der Waals surface area contributed by atoms with Crippen LogP contribution in [0.15, 0.2) is 48.5 Å². The van der Waals surface area contributed by atoms with Crippen LogP contribution in [0.1, 0.15) is 49.9 Å². The van der Waals surface area contributed by atoms with E-state index in [9.17, 15) is 4.79 Å². The van der Waals surface area contributed by atoms with Crippen LogP contribution in [0.5, 0.6) is 5.75 Å². The van der Waals surface area contributed by atoms with Gasteiger partial charge in [-0.3, -0.25) is 4.57 Å². The summed E-state index contributed by atoms with van der Waals surface area (Å²) in [5.74, 6) is 0.537. The average Bonchev–Trinajstić information content (AvgIpc) is 3.08. The van der Waals surface area contributed by atoms with Gasteiger partial charge in [-0.1, -0.05) is 38.3 Å². The van der Waals surface area contributed by atoms with Gasteiger partial charge in [0.1, 0.15) is 22.6 Å². The summed E-state index contributed by atoms with van der Waals surface area (Å²) >= 11 is 0. The molecule has 0 aliphatic carbocycles. The van der Waals surface area contributed by atoms with Crippen LogP contribution >= 0.6 is 0 Å². The maximum atomic E-state index is 12.7. The third-order valence-corrected chi connectivity index (χ3v) is 5.34. The first-order valence-electron chi connectivity index (χ1n) is 11.1. The number of carbonyl (C=O) groups excluding carboxylic acids is 1. The Morgan fingerprint density at radius 1 is 0.969 bits per heavy atom. The Morgan fingerprint density at radius 3 is 2.38 bits per heavy atom. The molecular formula is C25H28N4O3. The van der Waals surface area contributed by atoms with Crippen molar-refractivity contribution in [1.82, 2.24) is 14.5 Å². The van der Waals surface area contributed by atoms with Crippen LogP contribution in [0.25, 0.3) is 27.9 Å². The number of esters is 1. The van der Waals surface area contributed by atoms with Gasteiger partial charge in [0.15, 0.2) is 5.65 Å². The number of nitrogens with zero attached hydrogens (tertiary/aromatic N) is 3. The number of ether oxygens (including phenoxy) is 2. The van der Waals surface area contributed by atoms with Crippen molar-refractivity contribution in [2.24, 2.45) is 0 Å². The van der Waals surface area contributed by atoms with Crippen LogP contribution < -0.4 is 10.5 Å². The van der Waals surface area contributed by atoms with E-state index in [-0.39, 0.29) is 18.0 Å². The van der Waals surface area contributed by atoms with Crippen molar-refractivity contribution in [2.75, 3.05) is 18.9 Å². The summed E-state index contributed by atoms with van der Waals surface area (Å²) in [6.07, 6.45) is 4.63. The molecule has 4 rings (SSSR count). The third kappa shape index (κ3) is 4.23. The van der Waals surface area contributed by atoms with Crippen molar-refractivity contribution in [3.05, 3.63) is 54.1 Å². The van der Waals surface area contributed by atoms with E-state index >= 15 is 0 Å². The molecule has 0 amide bonds. The zero-order valence-electron chi connectivity index (χ0n) is 18.5. The Morgan fingerprint density at radius 2 is 1.69 bits per heavy atom. The number of nitrogens with two attached hydrogens (primary N) is 1. The lowest BCUT2D eigenvalue weighted by molar-refractivity contribution is 0.0529. The zero-order chi connectivity index (χ0) is 22.5. The molecule has 0 radical (unpaired) electrons. The molecule has 2 aromatic heterocycles. The predicted octanol–water partition coefficient (Wildman–Crippen LogP) is 5.29. The van der Waals surface area contributed by atoms with Crippen molar-refractivity contribution in [1.29, 1.82) is 0 Å². The highest BCUT2D eigenvalue weighted by Gasteiger charge is 2.25. The van der Waals surface area contributed by atoms with Crippen LogP contribution in [-0.4, -0.2) is 33.7 Å². The van der Waals surface area contributed by atoms with E-state index < -0.39 is 5.97 Å². The molecule has 0 bridgehead atoms. The van der Waals surface area contributed by atoms with Crippen molar-refractivity contribution < 1.29 is 14.3 Å². The van der Waals surface area contributed by atoms with Crippen LogP contribution in [0.2, 0.25) is 0 Å². The quantitative estimate of drug-likeness (QED) is 0.285. The fourth-order valence-electron chi connectivity index (χ4n) is 3.74. The number of anilines is 1. The third-order valence-electron chi connectivity index (χ3n) is 5.34. The Hall–Kier alpha value is -3.61. The van der Waals surface area contributed by atoms with Crippen LogP contribution in [-0.2, 0) is 4.74 Å². The Balaban J connectivity index is 1.74. The summed E-state index contributed by atoms with van der Waals surface area (Å²) in [5, 5.41) is 0. The number of hydrogen-bond donors (Lipinski definition) is 1. The molecular weight excluding hydrogens is 404 g/mol. The largest absolute Gasteiger partial charge is 0.494 e. The Bertz CT molecular complexity index is 1230. The minimum atomic E-state index is -0.509. The lowest BCUT2D eigenvalue weighted by atomic mass is 10.2. The summed E-state index contributed by atoms with van der Waals surface area (Å²) in [4.78, 5) is 22.1. The SMILES string of the molecule is CCCCCCOc1ccc(-n2c(N)c(C(=O)OCC)c3nc4ccccc4nc32)cc1. The maximum Gasteiger partial charge on any atom is 0.344 e. The van der Waals surface area contributed by atoms with Gasteiger partial charge in [0, 0.05) is 5.69 Å². The molecule has 0 spiro atoms. The fraction of sp³-hybridized carbons (Fsp3) is 0.320. The molecule has 0 fully saturated rings. The number of hydrogen-bond acceptors (Lipinski definition) is 6. The number of fused-ring (bicyclic) bond motifs is 2. The van der Waals surface area contributed by atoms with Gasteiger partial charge in [-0.2, -0.15) is 0 Å². The lowest BCUT2D eigenvalue weighted by Gasteiger charge is -2.10. The molecule has 0 aliphatic heterocycles. The standard InChI is InChI=1S/C25H28N4O3/c1-3-5-6-9-16-32-18-14-12-17(13-15-18)29-23(26)21(25(30)31-4-2)22-24(29)28-20-11-8-7-10-19(20)27-22/h7-8,10-15H,3-6,9,16,26H2,1-2H3. The highest BCUT2D eigenvalue weighted by atomic mass is 16.5. The predicted molar refractivity (Wildman–Crippen MR) is 126 cm³/mol. The van der Waals surface area contributed by atoms with Crippen LogP contribution in [0.3, 0.4) is 0 Å². The lowest BCUT2D eigenvalue weighted by Crippen LogP contribution is -2.09. The van der Waals surface area contributed by atoms with Gasteiger partial charge < -0.3 is 15.2 Å². The smallest absolute Gasteiger partial charge is 0.344 e. The molecule has 0 saturated heterocycles. The van der Waals surface area contributed by atoms with E-state index in [0.29, 0.717) is 23.3 Å². The van der Waals surface area contributed by atoms with Gasteiger partial charge in [0.2, 0.25) is 0 Å². The van der Waals surface area contributed by atoms with E-state index in [0.717, 1.165) is 23.4 Å². The Labute approximate surface area is 187 Å². The zero-order valence-corrected chi connectivity index (χ0v) is 18.5. The number of carbonyl (C=O) groups is 1. The van der Waals surface area contributed by atoms with Gasteiger partial charge in [0.25, 0.3) is 0 Å². The number of unbranched alkanes of at least 4 members (excludes halogenated alkanes) is 3. The molecule has 0 atom stereocenters. The molecule has 7 heteroatoms. The molecule has 0 unspecified atom stereocenters. The summed E-state index contributed by atoms with van der Waals surface area (Å²) in [5.41, 5.74) is 9.81. The van der Waals surface area contributed by atoms with Crippen molar-refractivity contribution in [3.63, 3.8) is 0 Å². The van der Waals surface area contributed by atoms with Gasteiger partial charge in [-0.15, -0.1) is 0 Å². The average molecular weight is 433 g/mol. The number of rotatable bonds is 9. The first-order valence-corrected chi connectivity index (χ1v) is 11.1. The Kier molecular flexibility index (Phi) is 6.54. The van der Waals surface area contributed by atoms with E-state index in [1.807, 2.05) is 48.5 Å². The minimum Gasteiger partial charge on any atom is -0.494 e. The number of para-hydroxylation sites is 2. The molecule has 0 saturated carbocycles. The maximum absolute atomic E-state index is 12.7. The molecule has 166 valence electrons. The number of aromatic nitrogens is 3. The van der Waals surface area contributed by atoms with E-state index in [2.05, 4.69) is 11.9 Å². The van der Waals surface area contributed by atoms with Gasteiger partial charge in [-0.05, 0) is 49.7 Å². The summed E-state index contributed by atoms with van der Waals surface area (Å²) in [6, 6.07) is 15.1. The number of nitrogen functional groups attached to an aromatic ring is 1. The second-order valence-electron chi connectivity index (χ2n) is 7.60. The van der Waals surface area contributed by atoms with E-state index in [4.69, 9.17) is 20.2 Å². The van der Waals surface area contributed by atoms with Crippen molar-refractivity contribution >= 4 is 34.0 Å². The minimum absolute atomic E-state index is 0.233. The molecule has 4 aromatic rings. The normalized spacial score (nSPS) is 11.2. The molecule has 2 heterocycles. The van der Waals surface area contributed by atoms with Gasteiger partial charge in [0.05, 0.1) is 24.2 Å². The first kappa shape index (κ1) is 21.6. The van der Waals surface area contributed by atoms with Crippen LogP contribution in [0, 0.1) is 0 Å². The highest BCUT2D eigenvalue weighted by molar-refractivity contribution is 6.09. The van der Waals surface area contributed by atoms with Gasteiger partial charge in [-0.25, -0.2) is 14.8 Å².